The highest BCUT2D eigenvalue weighted by Crippen LogP contribution is 2.17. The molecule has 0 aromatic heterocycles. The molecule has 0 bridgehead atoms. The Kier molecular flexibility index (Phi) is 3.51. The zero-order chi connectivity index (χ0) is 11.4. The highest BCUT2D eigenvalue weighted by molar-refractivity contribution is 5.90. The maximum Gasteiger partial charge on any atom is 0.347 e. The van der Waals surface area contributed by atoms with E-state index in [1.165, 1.54) is 31.2 Å². The monoisotopic (exact) mass is 210 g/mol. The minimum atomic E-state index is -0.289. The van der Waals surface area contributed by atoms with Gasteiger partial charge in [0.05, 0.1) is 7.11 Å². The van der Waals surface area contributed by atoms with E-state index in [1.807, 2.05) is 0 Å². The number of amides is 2. The van der Waals surface area contributed by atoms with Crippen LogP contribution in [0.25, 0.3) is 0 Å². The highest BCUT2D eigenvalue weighted by atomic mass is 16.7. The third-order valence-corrected chi connectivity index (χ3v) is 2.07. The molecule has 5 heteroatoms. The Morgan fingerprint density at radius 3 is 2.27 bits per heavy atom. The van der Waals surface area contributed by atoms with Crippen molar-refractivity contribution in [2.75, 3.05) is 26.1 Å². The fourth-order valence-electron chi connectivity index (χ4n) is 1.08. The van der Waals surface area contributed by atoms with E-state index in [0.717, 1.165) is 5.06 Å². The van der Waals surface area contributed by atoms with Gasteiger partial charge in [0.2, 0.25) is 0 Å². The summed E-state index contributed by atoms with van der Waals surface area (Å²) in [5.74, 6) is 0.166. The van der Waals surface area contributed by atoms with Crippen LogP contribution in [0.2, 0.25) is 0 Å². The van der Waals surface area contributed by atoms with Crippen molar-refractivity contribution in [2.45, 2.75) is 0 Å². The first kappa shape index (κ1) is 11.3. The number of urea groups is 1. The van der Waals surface area contributed by atoms with E-state index in [4.69, 9.17) is 9.94 Å². The minimum absolute atomic E-state index is 0.166. The van der Waals surface area contributed by atoms with Gasteiger partial charge in [0, 0.05) is 19.8 Å². The van der Waals surface area contributed by atoms with Crippen molar-refractivity contribution < 1.29 is 14.7 Å². The van der Waals surface area contributed by atoms with Crippen LogP contribution in [-0.2, 0) is 4.84 Å². The van der Waals surface area contributed by atoms with Gasteiger partial charge in [-0.1, -0.05) is 0 Å². The highest BCUT2D eigenvalue weighted by Gasteiger charge is 2.15. The van der Waals surface area contributed by atoms with Crippen LogP contribution < -0.4 is 4.90 Å². The Morgan fingerprint density at radius 1 is 1.27 bits per heavy atom. The topological polar surface area (TPSA) is 53.0 Å². The second-order valence-corrected chi connectivity index (χ2v) is 3.04. The lowest BCUT2D eigenvalue weighted by atomic mass is 10.3. The number of aromatic hydroxyl groups is 1. The van der Waals surface area contributed by atoms with Gasteiger partial charge in [0.25, 0.3) is 0 Å². The van der Waals surface area contributed by atoms with Gasteiger partial charge in [0.1, 0.15) is 5.75 Å². The number of phenolic OH excluding ortho intramolecular Hbond substituents is 1. The molecule has 1 N–H and O–H groups in total. The smallest absolute Gasteiger partial charge is 0.347 e. The molecule has 0 saturated heterocycles. The number of benzene rings is 1. The lowest BCUT2D eigenvalue weighted by Crippen LogP contribution is -2.38. The van der Waals surface area contributed by atoms with Crippen LogP contribution in [-0.4, -0.2) is 37.4 Å². The van der Waals surface area contributed by atoms with Gasteiger partial charge >= 0.3 is 6.03 Å². The fraction of sp³-hybridized carbons (Fsp3) is 0.300. The van der Waals surface area contributed by atoms with E-state index < -0.39 is 0 Å². The van der Waals surface area contributed by atoms with Gasteiger partial charge in [-0.2, -0.15) is 0 Å². The van der Waals surface area contributed by atoms with Crippen LogP contribution in [0.15, 0.2) is 24.3 Å². The molecule has 0 unspecified atom stereocenters. The second-order valence-electron chi connectivity index (χ2n) is 3.04. The summed E-state index contributed by atoms with van der Waals surface area (Å²) in [7, 11) is 4.58. The first-order valence-electron chi connectivity index (χ1n) is 4.41. The number of carbonyl (C=O) groups excluding carboxylic acids is 1. The predicted molar refractivity (Wildman–Crippen MR) is 56.7 cm³/mol. The van der Waals surface area contributed by atoms with Crippen LogP contribution in [0, 0.1) is 0 Å². The zero-order valence-corrected chi connectivity index (χ0v) is 8.97. The summed E-state index contributed by atoms with van der Waals surface area (Å²) in [6, 6.07) is 6.05. The Hall–Kier alpha value is -1.75. The van der Waals surface area contributed by atoms with E-state index in [2.05, 4.69) is 0 Å². The number of rotatable bonds is 2. The van der Waals surface area contributed by atoms with Crippen molar-refractivity contribution >= 4 is 11.7 Å². The number of phenols is 1. The number of hydrogen-bond acceptors (Lipinski definition) is 3. The molecule has 82 valence electrons. The molecule has 0 heterocycles. The summed E-state index contributed by atoms with van der Waals surface area (Å²) in [5.41, 5.74) is 0.682. The van der Waals surface area contributed by atoms with Gasteiger partial charge in [-0.05, 0) is 24.3 Å². The van der Waals surface area contributed by atoms with Crippen LogP contribution >= 0.6 is 0 Å². The molecule has 15 heavy (non-hydrogen) atoms. The first-order chi connectivity index (χ1) is 7.06. The number of hydrogen-bond donors (Lipinski definition) is 1. The molecule has 1 aromatic carbocycles. The SMILES string of the molecule is CON(C)C(=O)N(C)c1ccc(O)cc1. The summed E-state index contributed by atoms with van der Waals surface area (Å²) in [6.07, 6.45) is 0. The molecule has 0 aliphatic rings. The van der Waals surface area contributed by atoms with Crippen molar-refractivity contribution in [3.05, 3.63) is 24.3 Å². The molecule has 0 fully saturated rings. The van der Waals surface area contributed by atoms with Crippen LogP contribution in [0.1, 0.15) is 0 Å². The molecule has 0 radical (unpaired) electrons. The van der Waals surface area contributed by atoms with Gasteiger partial charge in [-0.25, -0.2) is 9.86 Å². The van der Waals surface area contributed by atoms with Crippen molar-refractivity contribution in [3.8, 4) is 5.75 Å². The van der Waals surface area contributed by atoms with Crippen LogP contribution in [0.4, 0.5) is 10.5 Å². The van der Waals surface area contributed by atoms with Crippen molar-refractivity contribution in [1.29, 1.82) is 0 Å². The van der Waals surface area contributed by atoms with Gasteiger partial charge in [-0.3, -0.25) is 9.74 Å². The lowest BCUT2D eigenvalue weighted by molar-refractivity contribution is -0.0618. The minimum Gasteiger partial charge on any atom is -0.508 e. The van der Waals surface area contributed by atoms with E-state index in [0.29, 0.717) is 5.69 Å². The summed E-state index contributed by atoms with van der Waals surface area (Å²) in [4.78, 5) is 17.8. The second kappa shape index (κ2) is 4.65. The summed E-state index contributed by atoms with van der Waals surface area (Å²) in [6.45, 7) is 0. The largest absolute Gasteiger partial charge is 0.508 e. The predicted octanol–water partition coefficient (Wildman–Crippen LogP) is 1.44. The van der Waals surface area contributed by atoms with Crippen molar-refractivity contribution in [1.82, 2.24) is 5.06 Å². The molecule has 0 saturated carbocycles. The average molecular weight is 210 g/mol. The number of carbonyl (C=O) groups is 1. The summed E-state index contributed by atoms with van der Waals surface area (Å²) < 4.78 is 0. The standard InChI is InChI=1S/C10H14N2O3/c1-11(10(14)12(2)15-3)8-4-6-9(13)7-5-8/h4-7,13H,1-3H3. The van der Waals surface area contributed by atoms with Gasteiger partial charge in [-0.15, -0.1) is 0 Å². The zero-order valence-electron chi connectivity index (χ0n) is 8.97. The number of nitrogens with zero attached hydrogens (tertiary/aromatic N) is 2. The lowest BCUT2D eigenvalue weighted by Gasteiger charge is -2.22. The summed E-state index contributed by atoms with van der Waals surface area (Å²) >= 11 is 0. The number of anilines is 1. The Bertz CT molecular complexity index is 337. The first-order valence-corrected chi connectivity index (χ1v) is 4.41. The Morgan fingerprint density at radius 2 is 1.80 bits per heavy atom. The van der Waals surface area contributed by atoms with E-state index in [-0.39, 0.29) is 11.8 Å². The molecule has 2 amide bonds. The normalized spacial score (nSPS) is 9.80. The molecule has 0 atom stereocenters. The van der Waals surface area contributed by atoms with E-state index in [1.54, 1.807) is 19.2 Å². The number of hydroxylamine groups is 2. The van der Waals surface area contributed by atoms with Crippen LogP contribution in [0.3, 0.4) is 0 Å². The quantitative estimate of drug-likeness (QED) is 0.751. The van der Waals surface area contributed by atoms with Gasteiger partial charge < -0.3 is 5.11 Å². The average Bonchev–Trinajstić information content (AvgIpc) is 2.27. The van der Waals surface area contributed by atoms with E-state index in [9.17, 15) is 4.79 Å². The third-order valence-electron chi connectivity index (χ3n) is 2.07. The van der Waals surface area contributed by atoms with Crippen LogP contribution in [0.5, 0.6) is 5.75 Å². The molecule has 1 rings (SSSR count). The maximum atomic E-state index is 11.6. The third kappa shape index (κ3) is 2.60. The molecule has 1 aromatic rings. The van der Waals surface area contributed by atoms with Crippen molar-refractivity contribution in [3.63, 3.8) is 0 Å². The molecule has 0 spiro atoms. The molecule has 5 nitrogen and oxygen atoms in total. The fourth-order valence-corrected chi connectivity index (χ4v) is 1.08. The Labute approximate surface area is 88.4 Å². The maximum absolute atomic E-state index is 11.6. The Balaban J connectivity index is 2.80. The van der Waals surface area contributed by atoms with Gasteiger partial charge in [0.15, 0.2) is 0 Å². The molecular formula is C10H14N2O3. The van der Waals surface area contributed by atoms with Crippen molar-refractivity contribution in [2.24, 2.45) is 0 Å². The van der Waals surface area contributed by atoms with E-state index >= 15 is 0 Å². The summed E-state index contributed by atoms with van der Waals surface area (Å²) in [5, 5.41) is 10.2. The molecule has 0 aliphatic carbocycles. The molecular weight excluding hydrogens is 196 g/mol. The molecule has 0 aliphatic heterocycles.